The Morgan fingerprint density at radius 1 is 1.37 bits per heavy atom. The first-order valence-corrected chi connectivity index (χ1v) is 6.71. The van der Waals surface area contributed by atoms with Gasteiger partial charge in [-0.1, -0.05) is 13.8 Å². The fraction of sp³-hybridized carbons (Fsp3) is 0.643. The van der Waals surface area contributed by atoms with Crippen LogP contribution in [0.15, 0.2) is 0 Å². The van der Waals surface area contributed by atoms with Gasteiger partial charge in [-0.15, -0.1) is 0 Å². The van der Waals surface area contributed by atoms with E-state index in [-0.39, 0.29) is 5.92 Å². The Balaban J connectivity index is 3.17. The Labute approximate surface area is 115 Å². The molecule has 19 heavy (non-hydrogen) atoms. The highest BCUT2D eigenvalue weighted by molar-refractivity contribution is 5.58. The van der Waals surface area contributed by atoms with Crippen LogP contribution in [0.4, 0.5) is 11.6 Å². The minimum atomic E-state index is 0.279. The van der Waals surface area contributed by atoms with Crippen molar-refractivity contribution in [2.75, 3.05) is 30.4 Å². The number of aromatic nitrogens is 2. The Hall–Kier alpha value is -1.83. The molecule has 0 saturated carbocycles. The van der Waals surface area contributed by atoms with Crippen molar-refractivity contribution in [3.05, 3.63) is 11.4 Å². The van der Waals surface area contributed by atoms with Crippen LogP contribution in [0.3, 0.4) is 0 Å². The van der Waals surface area contributed by atoms with Gasteiger partial charge in [0.15, 0.2) is 0 Å². The Morgan fingerprint density at radius 3 is 2.58 bits per heavy atom. The maximum absolute atomic E-state index is 8.69. The summed E-state index contributed by atoms with van der Waals surface area (Å²) >= 11 is 0. The number of nitriles is 1. The van der Waals surface area contributed by atoms with Crippen LogP contribution < -0.4 is 10.2 Å². The third-order valence-corrected chi connectivity index (χ3v) is 2.92. The van der Waals surface area contributed by atoms with Crippen LogP contribution in [-0.2, 0) is 0 Å². The summed E-state index contributed by atoms with van der Waals surface area (Å²) in [6.45, 7) is 9.74. The molecule has 0 bridgehead atoms. The van der Waals surface area contributed by atoms with E-state index in [0.29, 0.717) is 13.0 Å². The van der Waals surface area contributed by atoms with Gasteiger partial charge < -0.3 is 10.2 Å². The van der Waals surface area contributed by atoms with E-state index in [2.05, 4.69) is 42.1 Å². The zero-order chi connectivity index (χ0) is 14.4. The predicted molar refractivity (Wildman–Crippen MR) is 78.5 cm³/mol. The van der Waals surface area contributed by atoms with Crippen LogP contribution in [0.2, 0.25) is 0 Å². The highest BCUT2D eigenvalue weighted by atomic mass is 15.2. The predicted octanol–water partition coefficient (Wildman–Crippen LogP) is 2.69. The van der Waals surface area contributed by atoms with E-state index < -0.39 is 0 Å². The van der Waals surface area contributed by atoms with Gasteiger partial charge in [-0.25, -0.2) is 9.97 Å². The summed E-state index contributed by atoms with van der Waals surface area (Å²) in [6.07, 6.45) is 0.494. The molecule has 0 amide bonds. The van der Waals surface area contributed by atoms with Crippen LogP contribution in [0.1, 0.15) is 44.5 Å². The lowest BCUT2D eigenvalue weighted by Crippen LogP contribution is -2.22. The third kappa shape index (κ3) is 3.82. The average molecular weight is 261 g/mol. The van der Waals surface area contributed by atoms with Crippen molar-refractivity contribution < 1.29 is 0 Å². The second-order valence-electron chi connectivity index (χ2n) is 4.89. The molecular formula is C14H23N5. The Kier molecular flexibility index (Phi) is 5.56. The number of anilines is 2. The monoisotopic (exact) mass is 261 g/mol. The average Bonchev–Trinajstić information content (AvgIpc) is 2.38. The van der Waals surface area contributed by atoms with Gasteiger partial charge in [0.05, 0.1) is 12.5 Å². The molecule has 0 aliphatic rings. The molecule has 0 saturated heterocycles. The van der Waals surface area contributed by atoms with Crippen LogP contribution in [0.25, 0.3) is 0 Å². The molecule has 1 aromatic heterocycles. The van der Waals surface area contributed by atoms with E-state index in [1.165, 1.54) is 0 Å². The van der Waals surface area contributed by atoms with Gasteiger partial charge in [-0.3, -0.25) is 0 Å². The van der Waals surface area contributed by atoms with Crippen LogP contribution >= 0.6 is 0 Å². The van der Waals surface area contributed by atoms with Gasteiger partial charge in [0.2, 0.25) is 0 Å². The van der Waals surface area contributed by atoms with Crippen molar-refractivity contribution in [2.24, 2.45) is 0 Å². The first-order valence-electron chi connectivity index (χ1n) is 6.71. The van der Waals surface area contributed by atoms with Crippen LogP contribution in [0, 0.1) is 18.3 Å². The summed E-state index contributed by atoms with van der Waals surface area (Å²) in [5.41, 5.74) is 1.03. The zero-order valence-electron chi connectivity index (χ0n) is 12.5. The van der Waals surface area contributed by atoms with Gasteiger partial charge in [0.1, 0.15) is 17.5 Å². The zero-order valence-corrected chi connectivity index (χ0v) is 12.5. The Bertz CT molecular complexity index is 462. The van der Waals surface area contributed by atoms with Crippen molar-refractivity contribution in [2.45, 2.75) is 40.0 Å². The second-order valence-corrected chi connectivity index (χ2v) is 4.89. The van der Waals surface area contributed by atoms with Crippen molar-refractivity contribution in [3.8, 4) is 6.07 Å². The topological polar surface area (TPSA) is 64.8 Å². The van der Waals surface area contributed by atoms with E-state index in [0.717, 1.165) is 29.6 Å². The molecule has 5 nitrogen and oxygen atoms in total. The van der Waals surface area contributed by atoms with E-state index in [9.17, 15) is 0 Å². The van der Waals surface area contributed by atoms with Crippen molar-refractivity contribution >= 4 is 11.6 Å². The normalized spacial score (nSPS) is 10.4. The molecule has 104 valence electrons. The molecule has 0 aliphatic carbocycles. The molecule has 0 spiro atoms. The molecule has 0 aliphatic heterocycles. The van der Waals surface area contributed by atoms with Gasteiger partial charge in [0, 0.05) is 31.6 Å². The number of nitrogens with one attached hydrogen (secondary N) is 1. The Morgan fingerprint density at radius 2 is 2.05 bits per heavy atom. The quantitative estimate of drug-likeness (QED) is 0.853. The van der Waals surface area contributed by atoms with Gasteiger partial charge in [-0.05, 0) is 13.8 Å². The maximum Gasteiger partial charge on any atom is 0.137 e. The largest absolute Gasteiger partial charge is 0.370 e. The molecule has 5 heteroatoms. The molecule has 0 fully saturated rings. The fourth-order valence-electron chi connectivity index (χ4n) is 1.81. The maximum atomic E-state index is 8.69. The third-order valence-electron chi connectivity index (χ3n) is 2.92. The first-order chi connectivity index (χ1) is 9.01. The SMILES string of the molecule is CCNc1nc(C(C)C)nc(N(C)CCC#N)c1C. The number of rotatable bonds is 6. The van der Waals surface area contributed by atoms with Crippen molar-refractivity contribution in [1.29, 1.82) is 5.26 Å². The number of hydrogen-bond acceptors (Lipinski definition) is 5. The van der Waals surface area contributed by atoms with Crippen molar-refractivity contribution in [1.82, 2.24) is 9.97 Å². The van der Waals surface area contributed by atoms with E-state index >= 15 is 0 Å². The van der Waals surface area contributed by atoms with Gasteiger partial charge in [0.25, 0.3) is 0 Å². The lowest BCUT2D eigenvalue weighted by Gasteiger charge is -2.22. The van der Waals surface area contributed by atoms with Crippen LogP contribution in [0.5, 0.6) is 0 Å². The molecule has 1 N–H and O–H groups in total. The summed E-state index contributed by atoms with van der Waals surface area (Å²) in [7, 11) is 1.96. The summed E-state index contributed by atoms with van der Waals surface area (Å²) in [5, 5.41) is 12.0. The highest BCUT2D eigenvalue weighted by Crippen LogP contribution is 2.25. The molecule has 1 rings (SSSR count). The van der Waals surface area contributed by atoms with E-state index in [1.54, 1.807) is 0 Å². The summed E-state index contributed by atoms with van der Waals surface area (Å²) in [5.74, 6) is 2.91. The smallest absolute Gasteiger partial charge is 0.137 e. The molecule has 0 radical (unpaired) electrons. The molecule has 1 heterocycles. The number of nitrogens with zero attached hydrogens (tertiary/aromatic N) is 4. The van der Waals surface area contributed by atoms with Gasteiger partial charge >= 0.3 is 0 Å². The van der Waals surface area contributed by atoms with E-state index in [1.807, 2.05) is 18.9 Å². The molecular weight excluding hydrogens is 238 g/mol. The van der Waals surface area contributed by atoms with E-state index in [4.69, 9.17) is 5.26 Å². The summed E-state index contributed by atoms with van der Waals surface area (Å²) < 4.78 is 0. The lowest BCUT2D eigenvalue weighted by molar-refractivity contribution is 0.759. The van der Waals surface area contributed by atoms with Crippen LogP contribution in [-0.4, -0.2) is 30.1 Å². The highest BCUT2D eigenvalue weighted by Gasteiger charge is 2.15. The molecule has 0 atom stereocenters. The summed E-state index contributed by atoms with van der Waals surface area (Å²) in [4.78, 5) is 11.2. The van der Waals surface area contributed by atoms with Gasteiger partial charge in [-0.2, -0.15) is 5.26 Å². The molecule has 1 aromatic rings. The summed E-state index contributed by atoms with van der Waals surface area (Å²) in [6, 6.07) is 2.16. The molecule has 0 unspecified atom stereocenters. The molecule has 0 aromatic carbocycles. The lowest BCUT2D eigenvalue weighted by atomic mass is 10.2. The standard InChI is InChI=1S/C14H23N5/c1-6-16-13-11(4)14(19(5)9-7-8-15)18-12(17-13)10(2)3/h10H,6-7,9H2,1-5H3,(H,16,17,18). The second kappa shape index (κ2) is 6.93. The van der Waals surface area contributed by atoms with Crippen molar-refractivity contribution in [3.63, 3.8) is 0 Å². The minimum absolute atomic E-state index is 0.279. The first kappa shape index (κ1) is 15.2. The number of hydrogen-bond donors (Lipinski definition) is 1. The fourth-order valence-corrected chi connectivity index (χ4v) is 1.81. The minimum Gasteiger partial charge on any atom is -0.370 e.